The number of rotatable bonds is 4. The molecule has 2 rings (SSSR count). The zero-order valence-corrected chi connectivity index (χ0v) is 10.7. The van der Waals surface area contributed by atoms with Gasteiger partial charge in [-0.1, -0.05) is 0 Å². The minimum absolute atomic E-state index is 0.246. The Morgan fingerprint density at radius 2 is 2.37 bits per heavy atom. The summed E-state index contributed by atoms with van der Waals surface area (Å²) in [7, 11) is 0. The highest BCUT2D eigenvalue weighted by Gasteiger charge is 2.33. The topological polar surface area (TPSA) is 100 Å². The molecule has 1 fully saturated rings. The fourth-order valence-electron chi connectivity index (χ4n) is 2.20. The molecule has 1 unspecified atom stereocenters. The predicted molar refractivity (Wildman–Crippen MR) is 65.3 cm³/mol. The zero-order valence-electron chi connectivity index (χ0n) is 10.7. The van der Waals surface area contributed by atoms with Gasteiger partial charge in [0.05, 0.1) is 6.54 Å². The first-order valence-corrected chi connectivity index (χ1v) is 6.27. The maximum Gasteiger partial charge on any atom is 0.326 e. The molecule has 0 aliphatic carbocycles. The van der Waals surface area contributed by atoms with Gasteiger partial charge in [-0.15, -0.1) is 10.2 Å². The van der Waals surface area contributed by atoms with Crippen molar-refractivity contribution in [1.82, 2.24) is 25.0 Å². The van der Waals surface area contributed by atoms with Gasteiger partial charge in [0.15, 0.2) is 5.82 Å². The first-order valence-electron chi connectivity index (χ1n) is 6.27. The van der Waals surface area contributed by atoms with E-state index >= 15 is 0 Å². The summed E-state index contributed by atoms with van der Waals surface area (Å²) in [5.41, 5.74) is 0. The van der Waals surface area contributed by atoms with Crippen molar-refractivity contribution < 1.29 is 14.7 Å². The van der Waals surface area contributed by atoms with Gasteiger partial charge >= 0.3 is 12.0 Å². The molecule has 2 N–H and O–H groups in total. The van der Waals surface area contributed by atoms with E-state index in [-0.39, 0.29) is 12.6 Å². The summed E-state index contributed by atoms with van der Waals surface area (Å²) in [4.78, 5) is 24.3. The average Bonchev–Trinajstić information content (AvgIpc) is 3.04. The molecule has 19 heavy (non-hydrogen) atoms. The number of hydrogen-bond acceptors (Lipinski definition) is 4. The molecule has 1 saturated heterocycles. The summed E-state index contributed by atoms with van der Waals surface area (Å²) >= 11 is 0. The number of aryl methyl sites for hydroxylation is 1. The van der Waals surface area contributed by atoms with Gasteiger partial charge in [0, 0.05) is 13.1 Å². The number of amides is 2. The van der Waals surface area contributed by atoms with Crippen molar-refractivity contribution in [1.29, 1.82) is 0 Å². The largest absolute Gasteiger partial charge is 0.480 e. The Morgan fingerprint density at radius 3 is 3.05 bits per heavy atom. The van der Waals surface area contributed by atoms with Crippen LogP contribution >= 0.6 is 0 Å². The monoisotopic (exact) mass is 267 g/mol. The first-order chi connectivity index (χ1) is 9.13. The van der Waals surface area contributed by atoms with Crippen molar-refractivity contribution >= 4 is 12.0 Å². The SMILES string of the molecule is CCn1cnnc1CNC(=O)N1CCCC1C(=O)O. The van der Waals surface area contributed by atoms with E-state index in [9.17, 15) is 9.59 Å². The van der Waals surface area contributed by atoms with Crippen LogP contribution in [0.5, 0.6) is 0 Å². The quantitative estimate of drug-likeness (QED) is 0.803. The summed E-state index contributed by atoms with van der Waals surface area (Å²) in [6.45, 7) is 3.40. The van der Waals surface area contributed by atoms with E-state index in [1.165, 1.54) is 4.90 Å². The van der Waals surface area contributed by atoms with E-state index < -0.39 is 12.0 Å². The van der Waals surface area contributed by atoms with Gasteiger partial charge in [-0.2, -0.15) is 0 Å². The highest BCUT2D eigenvalue weighted by Crippen LogP contribution is 2.17. The van der Waals surface area contributed by atoms with Gasteiger partial charge < -0.3 is 19.9 Å². The standard InChI is InChI=1S/C11H17N5O3/c1-2-15-7-13-14-9(15)6-12-11(19)16-5-3-4-8(16)10(17)18/h7-8H,2-6H2,1H3,(H,12,19)(H,17,18). The van der Waals surface area contributed by atoms with Crippen molar-refractivity contribution in [3.05, 3.63) is 12.2 Å². The number of carboxylic acids is 1. The normalized spacial score (nSPS) is 18.6. The molecule has 8 nitrogen and oxygen atoms in total. The lowest BCUT2D eigenvalue weighted by molar-refractivity contribution is -0.141. The Labute approximate surface area is 110 Å². The summed E-state index contributed by atoms with van der Waals surface area (Å²) < 4.78 is 1.82. The smallest absolute Gasteiger partial charge is 0.326 e. The maximum atomic E-state index is 11.9. The maximum absolute atomic E-state index is 11.9. The first kappa shape index (κ1) is 13.3. The van der Waals surface area contributed by atoms with Crippen LogP contribution in [-0.2, 0) is 17.9 Å². The third-order valence-corrected chi connectivity index (χ3v) is 3.23. The molecule has 0 saturated carbocycles. The third-order valence-electron chi connectivity index (χ3n) is 3.23. The Morgan fingerprint density at radius 1 is 1.58 bits per heavy atom. The molecule has 2 heterocycles. The second-order valence-corrected chi connectivity index (χ2v) is 4.38. The Balaban J connectivity index is 1.92. The molecule has 0 aromatic carbocycles. The zero-order chi connectivity index (χ0) is 13.8. The minimum atomic E-state index is -0.954. The number of carbonyl (C=O) groups is 2. The number of nitrogens with zero attached hydrogens (tertiary/aromatic N) is 4. The molecule has 0 radical (unpaired) electrons. The van der Waals surface area contributed by atoms with Crippen LogP contribution in [0.2, 0.25) is 0 Å². The average molecular weight is 267 g/mol. The second kappa shape index (κ2) is 5.68. The van der Waals surface area contributed by atoms with E-state index in [0.29, 0.717) is 18.8 Å². The number of aliphatic carboxylic acids is 1. The Hall–Kier alpha value is -2.12. The van der Waals surface area contributed by atoms with Crippen LogP contribution in [0.3, 0.4) is 0 Å². The fourth-order valence-corrected chi connectivity index (χ4v) is 2.20. The van der Waals surface area contributed by atoms with Gasteiger partial charge in [-0.3, -0.25) is 0 Å². The molecule has 1 aromatic heterocycles. The third kappa shape index (κ3) is 2.83. The molecule has 2 amide bonds. The fraction of sp³-hybridized carbons (Fsp3) is 0.636. The Bertz CT molecular complexity index is 473. The molecule has 0 bridgehead atoms. The van der Waals surface area contributed by atoms with Gasteiger partial charge in [-0.05, 0) is 19.8 Å². The van der Waals surface area contributed by atoms with Gasteiger partial charge in [0.25, 0.3) is 0 Å². The van der Waals surface area contributed by atoms with E-state index in [1.54, 1.807) is 6.33 Å². The molecule has 0 spiro atoms. The van der Waals surface area contributed by atoms with Crippen LogP contribution in [-0.4, -0.2) is 49.4 Å². The molecular weight excluding hydrogens is 250 g/mol. The van der Waals surface area contributed by atoms with Crippen LogP contribution in [0.1, 0.15) is 25.6 Å². The van der Waals surface area contributed by atoms with Crippen LogP contribution < -0.4 is 5.32 Å². The summed E-state index contributed by atoms with van der Waals surface area (Å²) in [6.07, 6.45) is 2.82. The van der Waals surface area contributed by atoms with E-state index in [2.05, 4.69) is 15.5 Å². The lowest BCUT2D eigenvalue weighted by atomic mass is 10.2. The summed E-state index contributed by atoms with van der Waals surface area (Å²) in [5, 5.41) is 19.4. The molecule has 1 aliphatic rings. The highest BCUT2D eigenvalue weighted by atomic mass is 16.4. The van der Waals surface area contributed by atoms with Gasteiger partial charge in [0.2, 0.25) is 0 Å². The van der Waals surface area contributed by atoms with Crippen LogP contribution in [0.25, 0.3) is 0 Å². The van der Waals surface area contributed by atoms with Crippen molar-refractivity contribution in [3.8, 4) is 0 Å². The highest BCUT2D eigenvalue weighted by molar-refractivity contribution is 5.83. The number of nitrogens with one attached hydrogen (secondary N) is 1. The number of likely N-dealkylation sites (tertiary alicyclic amines) is 1. The van der Waals surface area contributed by atoms with Crippen LogP contribution in [0.4, 0.5) is 4.79 Å². The van der Waals surface area contributed by atoms with Crippen LogP contribution in [0, 0.1) is 0 Å². The van der Waals surface area contributed by atoms with Crippen molar-refractivity contribution in [2.75, 3.05) is 6.54 Å². The summed E-state index contributed by atoms with van der Waals surface area (Å²) in [6, 6.07) is -1.08. The lowest BCUT2D eigenvalue weighted by Gasteiger charge is -2.21. The number of carbonyl (C=O) groups excluding carboxylic acids is 1. The number of aromatic nitrogens is 3. The minimum Gasteiger partial charge on any atom is -0.480 e. The number of urea groups is 1. The van der Waals surface area contributed by atoms with Crippen LogP contribution in [0.15, 0.2) is 6.33 Å². The van der Waals surface area contributed by atoms with E-state index in [4.69, 9.17) is 5.11 Å². The predicted octanol–water partition coefficient (Wildman–Crippen LogP) is 0.0566. The molecule has 8 heteroatoms. The molecule has 1 aromatic rings. The van der Waals surface area contributed by atoms with E-state index in [0.717, 1.165) is 13.0 Å². The Kier molecular flexibility index (Phi) is 3.98. The second-order valence-electron chi connectivity index (χ2n) is 4.38. The lowest BCUT2D eigenvalue weighted by Crippen LogP contribution is -2.45. The number of hydrogen-bond donors (Lipinski definition) is 2. The summed E-state index contributed by atoms with van der Waals surface area (Å²) in [5.74, 6) is -0.300. The van der Waals surface area contributed by atoms with E-state index in [1.807, 2.05) is 11.5 Å². The number of carboxylic acid groups (broad SMARTS) is 1. The molecular formula is C11H17N5O3. The molecule has 1 aliphatic heterocycles. The van der Waals surface area contributed by atoms with Gasteiger partial charge in [-0.25, -0.2) is 9.59 Å². The van der Waals surface area contributed by atoms with Crippen molar-refractivity contribution in [2.24, 2.45) is 0 Å². The van der Waals surface area contributed by atoms with Crippen molar-refractivity contribution in [3.63, 3.8) is 0 Å². The molecule has 1 atom stereocenters. The van der Waals surface area contributed by atoms with Gasteiger partial charge in [0.1, 0.15) is 12.4 Å². The van der Waals surface area contributed by atoms with Crippen molar-refractivity contribution in [2.45, 2.75) is 38.9 Å². The molecule has 104 valence electrons.